The first-order valence-electron chi connectivity index (χ1n) is 17.4. The standard InChI is InChI=1S/C35H66NO6PS/c1-5-6-7-8-9-10-11-14-17-23-28-44-32-35(29-34(30-36(2,3)4)42-43(37,38)39)41-27-22-16-13-12-15-21-26-40-31-33-24-19-18-20-25-33/h18-20,24-25,34-35H,5-17,21-23,26-32H2,1-4H3,(H-,37,38,39)/p+1. The Morgan fingerprint density at radius 1 is 0.750 bits per heavy atom. The third-order valence-corrected chi connectivity index (χ3v) is 9.42. The minimum absolute atomic E-state index is 0.0759. The molecule has 0 heterocycles. The Morgan fingerprint density at radius 3 is 1.86 bits per heavy atom. The van der Waals surface area contributed by atoms with Gasteiger partial charge in [0.1, 0.15) is 12.6 Å². The molecular formula is C35H67NO6PS+. The van der Waals surface area contributed by atoms with Crippen molar-refractivity contribution in [1.82, 2.24) is 0 Å². The lowest BCUT2D eigenvalue weighted by Crippen LogP contribution is -2.43. The summed E-state index contributed by atoms with van der Waals surface area (Å²) >= 11 is 1.90. The number of phosphoric ester groups is 1. The molecule has 1 aromatic rings. The van der Waals surface area contributed by atoms with Crippen LogP contribution in [0.15, 0.2) is 30.3 Å². The van der Waals surface area contributed by atoms with E-state index in [0.29, 0.717) is 30.7 Å². The predicted molar refractivity (Wildman–Crippen MR) is 187 cm³/mol. The van der Waals surface area contributed by atoms with Crippen molar-refractivity contribution in [2.75, 3.05) is 52.4 Å². The zero-order valence-corrected chi connectivity index (χ0v) is 30.3. The summed E-state index contributed by atoms with van der Waals surface area (Å²) in [6.07, 6.45) is 20.0. The summed E-state index contributed by atoms with van der Waals surface area (Å²) in [7, 11) is 1.47. The molecule has 2 unspecified atom stereocenters. The van der Waals surface area contributed by atoms with Gasteiger partial charge in [-0.05, 0) is 30.6 Å². The van der Waals surface area contributed by atoms with E-state index in [2.05, 4.69) is 19.1 Å². The summed E-state index contributed by atoms with van der Waals surface area (Å²) < 4.78 is 29.6. The van der Waals surface area contributed by atoms with Crippen molar-refractivity contribution in [3.8, 4) is 0 Å². The van der Waals surface area contributed by atoms with Crippen LogP contribution in [-0.4, -0.2) is 78.9 Å². The van der Waals surface area contributed by atoms with Gasteiger partial charge >= 0.3 is 7.82 Å². The molecule has 2 atom stereocenters. The predicted octanol–water partition coefficient (Wildman–Crippen LogP) is 9.16. The van der Waals surface area contributed by atoms with Crippen LogP contribution >= 0.6 is 19.6 Å². The Kier molecular flexibility index (Phi) is 25.1. The number of thioether (sulfide) groups is 1. The number of hydrogen-bond acceptors (Lipinski definition) is 5. The first kappa shape index (κ1) is 41.6. The smallest absolute Gasteiger partial charge is 0.377 e. The number of hydrogen-bond donors (Lipinski definition) is 2. The minimum atomic E-state index is -4.57. The number of quaternary nitrogens is 1. The lowest BCUT2D eigenvalue weighted by molar-refractivity contribution is -0.873. The Labute approximate surface area is 275 Å². The Hall–Kier alpha value is -0.440. The summed E-state index contributed by atoms with van der Waals surface area (Å²) in [5.74, 6) is 1.93. The average molecular weight is 661 g/mol. The molecule has 0 bridgehead atoms. The van der Waals surface area contributed by atoms with E-state index in [1.165, 1.54) is 89.0 Å². The maximum Gasteiger partial charge on any atom is 0.470 e. The molecule has 258 valence electrons. The minimum Gasteiger partial charge on any atom is -0.377 e. The van der Waals surface area contributed by atoms with Crippen molar-refractivity contribution in [2.45, 2.75) is 135 Å². The molecule has 0 aliphatic rings. The SMILES string of the molecule is CCCCCCCCCCCCSCC(CC(C[N+](C)(C)C)OP(=O)(O)O)OCCCCCCCCOCc1ccccc1. The highest BCUT2D eigenvalue weighted by Crippen LogP contribution is 2.39. The first-order valence-corrected chi connectivity index (χ1v) is 20.1. The van der Waals surface area contributed by atoms with Gasteiger partial charge in [-0.3, -0.25) is 4.52 Å². The number of phosphoric acid groups is 1. The van der Waals surface area contributed by atoms with E-state index in [0.717, 1.165) is 37.4 Å². The molecule has 7 nitrogen and oxygen atoms in total. The van der Waals surface area contributed by atoms with Gasteiger partial charge in [-0.25, -0.2) is 4.57 Å². The molecule has 1 rings (SSSR count). The van der Waals surface area contributed by atoms with E-state index in [1.54, 1.807) is 0 Å². The van der Waals surface area contributed by atoms with Crippen LogP contribution in [0.25, 0.3) is 0 Å². The van der Waals surface area contributed by atoms with Crippen LogP contribution in [0.5, 0.6) is 0 Å². The fourth-order valence-corrected chi connectivity index (χ4v) is 6.98. The van der Waals surface area contributed by atoms with Crippen molar-refractivity contribution in [3.63, 3.8) is 0 Å². The summed E-state index contributed by atoms with van der Waals surface area (Å²) in [6.45, 7) is 4.95. The van der Waals surface area contributed by atoms with Crippen LogP contribution < -0.4 is 0 Å². The van der Waals surface area contributed by atoms with Crippen LogP contribution in [-0.2, 0) is 25.2 Å². The van der Waals surface area contributed by atoms with E-state index < -0.39 is 13.9 Å². The van der Waals surface area contributed by atoms with Crippen molar-refractivity contribution in [2.24, 2.45) is 0 Å². The van der Waals surface area contributed by atoms with Gasteiger partial charge in [-0.15, -0.1) is 0 Å². The first-order chi connectivity index (χ1) is 21.1. The number of ether oxygens (including phenoxy) is 2. The van der Waals surface area contributed by atoms with Crippen molar-refractivity contribution >= 4 is 19.6 Å². The van der Waals surface area contributed by atoms with Crippen LogP contribution in [0.4, 0.5) is 0 Å². The van der Waals surface area contributed by atoms with Crippen LogP contribution in [0.3, 0.4) is 0 Å². The second kappa shape index (κ2) is 26.6. The quantitative estimate of drug-likeness (QED) is 0.0467. The van der Waals surface area contributed by atoms with Gasteiger partial charge < -0.3 is 23.7 Å². The van der Waals surface area contributed by atoms with E-state index in [1.807, 2.05) is 51.1 Å². The van der Waals surface area contributed by atoms with Crippen molar-refractivity contribution in [3.05, 3.63) is 35.9 Å². The van der Waals surface area contributed by atoms with Gasteiger partial charge in [0, 0.05) is 25.4 Å². The molecule has 0 aromatic heterocycles. The zero-order valence-electron chi connectivity index (χ0n) is 28.6. The number of nitrogens with zero attached hydrogens (tertiary/aromatic N) is 1. The number of unbranched alkanes of at least 4 members (excludes halogenated alkanes) is 14. The molecule has 0 saturated heterocycles. The van der Waals surface area contributed by atoms with Gasteiger partial charge in [-0.1, -0.05) is 121 Å². The molecule has 9 heteroatoms. The van der Waals surface area contributed by atoms with E-state index in [4.69, 9.17) is 14.0 Å². The Bertz CT molecular complexity index is 819. The number of likely N-dealkylation sites (N-methyl/N-ethyl adjacent to an activating group) is 1. The van der Waals surface area contributed by atoms with Gasteiger partial charge in [0.05, 0.1) is 33.9 Å². The van der Waals surface area contributed by atoms with E-state index >= 15 is 0 Å². The summed E-state index contributed by atoms with van der Waals surface area (Å²) in [6, 6.07) is 10.3. The normalized spacial score (nSPS) is 13.8. The maximum atomic E-state index is 11.7. The molecule has 0 fully saturated rings. The second-order valence-electron chi connectivity index (χ2n) is 13.3. The third-order valence-electron chi connectivity index (χ3n) is 7.66. The van der Waals surface area contributed by atoms with Crippen LogP contribution in [0.1, 0.15) is 122 Å². The van der Waals surface area contributed by atoms with Crippen LogP contribution in [0, 0.1) is 0 Å². The highest BCUT2D eigenvalue weighted by atomic mass is 32.2. The highest BCUT2D eigenvalue weighted by molar-refractivity contribution is 7.99. The Balaban J connectivity index is 2.30. The lowest BCUT2D eigenvalue weighted by Gasteiger charge is -2.31. The molecule has 2 N–H and O–H groups in total. The average Bonchev–Trinajstić information content (AvgIpc) is 2.95. The van der Waals surface area contributed by atoms with Crippen molar-refractivity contribution < 1.29 is 32.8 Å². The maximum absolute atomic E-state index is 11.7. The van der Waals surface area contributed by atoms with Gasteiger partial charge in [0.15, 0.2) is 0 Å². The summed E-state index contributed by atoms with van der Waals surface area (Å²) in [4.78, 5) is 19.1. The number of rotatable bonds is 31. The fraction of sp³-hybridized carbons (Fsp3) is 0.829. The molecule has 0 amide bonds. The van der Waals surface area contributed by atoms with Crippen LogP contribution in [0.2, 0.25) is 0 Å². The monoisotopic (exact) mass is 660 g/mol. The molecule has 0 aliphatic carbocycles. The highest BCUT2D eigenvalue weighted by Gasteiger charge is 2.30. The molecule has 0 radical (unpaired) electrons. The fourth-order valence-electron chi connectivity index (χ4n) is 5.37. The third kappa shape index (κ3) is 27.8. The molecule has 0 aliphatic heterocycles. The molecule has 44 heavy (non-hydrogen) atoms. The second-order valence-corrected chi connectivity index (χ2v) is 15.7. The molecular weight excluding hydrogens is 593 g/mol. The van der Waals surface area contributed by atoms with E-state index in [9.17, 15) is 14.4 Å². The number of benzene rings is 1. The van der Waals surface area contributed by atoms with Gasteiger partial charge in [0.25, 0.3) is 0 Å². The van der Waals surface area contributed by atoms with E-state index in [-0.39, 0.29) is 6.10 Å². The van der Waals surface area contributed by atoms with Gasteiger partial charge in [-0.2, -0.15) is 11.8 Å². The lowest BCUT2D eigenvalue weighted by atomic mass is 10.1. The largest absolute Gasteiger partial charge is 0.470 e. The van der Waals surface area contributed by atoms with Gasteiger partial charge in [0.2, 0.25) is 0 Å². The zero-order chi connectivity index (χ0) is 32.4. The summed E-state index contributed by atoms with van der Waals surface area (Å²) in [5.41, 5.74) is 1.22. The Morgan fingerprint density at radius 2 is 1.30 bits per heavy atom. The topological polar surface area (TPSA) is 85.2 Å². The summed E-state index contributed by atoms with van der Waals surface area (Å²) in [5, 5.41) is 0. The molecule has 0 saturated carbocycles. The molecule has 1 aromatic carbocycles. The van der Waals surface area contributed by atoms with Crippen molar-refractivity contribution in [1.29, 1.82) is 0 Å². The molecule has 0 spiro atoms.